The van der Waals surface area contributed by atoms with Crippen molar-refractivity contribution in [2.45, 2.75) is 6.04 Å². The summed E-state index contributed by atoms with van der Waals surface area (Å²) in [7, 11) is 0. The van der Waals surface area contributed by atoms with Gasteiger partial charge in [0.2, 0.25) is 0 Å². The molecule has 0 saturated heterocycles. The molecule has 8 heteroatoms. The number of hydrogen-bond acceptors (Lipinski definition) is 3. The number of amides is 1. The molecule has 4 rings (SSSR count). The van der Waals surface area contributed by atoms with E-state index in [1.54, 1.807) is 66.9 Å². The van der Waals surface area contributed by atoms with E-state index in [4.69, 9.17) is 23.8 Å². The van der Waals surface area contributed by atoms with Gasteiger partial charge < -0.3 is 16.0 Å². The third-order valence-electron chi connectivity index (χ3n) is 5.01. The smallest absolute Gasteiger partial charge is 0.255 e. The highest BCUT2D eigenvalue weighted by atomic mass is 35.5. The predicted molar refractivity (Wildman–Crippen MR) is 141 cm³/mol. The Hall–Kier alpha value is -3.94. The molecule has 0 bridgehead atoms. The van der Waals surface area contributed by atoms with Crippen LogP contribution in [0.25, 0.3) is 5.69 Å². The molecular formula is C26H21ClN4O2S. The van der Waals surface area contributed by atoms with Gasteiger partial charge in [0.05, 0.1) is 0 Å². The molecule has 3 aromatic carbocycles. The van der Waals surface area contributed by atoms with Gasteiger partial charge in [-0.2, -0.15) is 0 Å². The van der Waals surface area contributed by atoms with E-state index in [-0.39, 0.29) is 11.5 Å². The van der Waals surface area contributed by atoms with E-state index in [0.29, 0.717) is 21.5 Å². The Kier molecular flexibility index (Phi) is 7.37. The molecule has 0 aliphatic rings. The van der Waals surface area contributed by atoms with Crippen molar-refractivity contribution in [1.29, 1.82) is 0 Å². The molecule has 1 aromatic heterocycles. The zero-order valence-corrected chi connectivity index (χ0v) is 19.5. The van der Waals surface area contributed by atoms with Gasteiger partial charge in [0, 0.05) is 34.3 Å². The fraction of sp³-hybridized carbons (Fsp3) is 0.0385. The summed E-state index contributed by atoms with van der Waals surface area (Å²) < 4.78 is 1.53. The first kappa shape index (κ1) is 23.2. The standard InChI is InChI=1S/C26H21ClN4O2S/c27-19-9-11-21(12-10-19)29-26(34)30-24(18-6-2-1-3-7-18)25(33)28-20-13-15-22(16-14-20)31-17-5-4-8-23(31)32/h1-17,24H,(H,28,33)(H2,29,30,34)/t24-/m0/s1. The van der Waals surface area contributed by atoms with Crippen LogP contribution >= 0.6 is 23.8 Å². The Morgan fingerprint density at radius 2 is 1.41 bits per heavy atom. The van der Waals surface area contributed by atoms with Crippen LogP contribution in [0.15, 0.2) is 108 Å². The normalized spacial score (nSPS) is 11.3. The fourth-order valence-corrected chi connectivity index (χ4v) is 3.70. The molecule has 6 nitrogen and oxygen atoms in total. The average Bonchev–Trinajstić information content (AvgIpc) is 2.85. The number of carbonyl (C=O) groups is 1. The van der Waals surface area contributed by atoms with Crippen LogP contribution in [0.5, 0.6) is 0 Å². The highest BCUT2D eigenvalue weighted by molar-refractivity contribution is 7.80. The van der Waals surface area contributed by atoms with Crippen molar-refractivity contribution in [3.8, 4) is 5.69 Å². The van der Waals surface area contributed by atoms with Gasteiger partial charge in [-0.3, -0.25) is 14.2 Å². The lowest BCUT2D eigenvalue weighted by atomic mass is 10.1. The van der Waals surface area contributed by atoms with Crippen LogP contribution in [-0.4, -0.2) is 15.6 Å². The number of anilines is 2. The Morgan fingerprint density at radius 3 is 2.09 bits per heavy atom. The van der Waals surface area contributed by atoms with Gasteiger partial charge in [-0.1, -0.05) is 48.0 Å². The van der Waals surface area contributed by atoms with Crippen LogP contribution in [-0.2, 0) is 4.79 Å². The summed E-state index contributed by atoms with van der Waals surface area (Å²) in [5.74, 6) is -0.281. The molecule has 1 amide bonds. The summed E-state index contributed by atoms with van der Waals surface area (Å²) >= 11 is 11.4. The lowest BCUT2D eigenvalue weighted by molar-refractivity contribution is -0.117. The van der Waals surface area contributed by atoms with Crippen molar-refractivity contribution in [2.24, 2.45) is 0 Å². The fourth-order valence-electron chi connectivity index (χ4n) is 3.34. The van der Waals surface area contributed by atoms with E-state index in [2.05, 4.69) is 16.0 Å². The highest BCUT2D eigenvalue weighted by Crippen LogP contribution is 2.19. The summed E-state index contributed by atoms with van der Waals surface area (Å²) in [6.07, 6.45) is 1.69. The number of aromatic nitrogens is 1. The minimum atomic E-state index is -0.732. The van der Waals surface area contributed by atoms with Gasteiger partial charge in [0.15, 0.2) is 5.11 Å². The second-order valence-corrected chi connectivity index (χ2v) is 8.24. The van der Waals surface area contributed by atoms with Crippen LogP contribution in [0.3, 0.4) is 0 Å². The summed E-state index contributed by atoms with van der Waals surface area (Å²) in [6.45, 7) is 0. The topological polar surface area (TPSA) is 75.2 Å². The van der Waals surface area contributed by atoms with Crippen molar-refractivity contribution in [3.05, 3.63) is 124 Å². The lowest BCUT2D eigenvalue weighted by Crippen LogP contribution is -2.39. The predicted octanol–water partition coefficient (Wildman–Crippen LogP) is 5.16. The number of rotatable bonds is 6. The van der Waals surface area contributed by atoms with Crippen molar-refractivity contribution in [3.63, 3.8) is 0 Å². The van der Waals surface area contributed by atoms with E-state index in [9.17, 15) is 9.59 Å². The molecule has 1 atom stereocenters. The van der Waals surface area contributed by atoms with Gasteiger partial charge in [0.1, 0.15) is 6.04 Å². The van der Waals surface area contributed by atoms with E-state index >= 15 is 0 Å². The van der Waals surface area contributed by atoms with E-state index < -0.39 is 6.04 Å². The second-order valence-electron chi connectivity index (χ2n) is 7.39. The SMILES string of the molecule is O=C(Nc1ccc(-n2ccccc2=O)cc1)[C@@H](NC(=S)Nc1ccc(Cl)cc1)c1ccccc1. The maximum atomic E-state index is 13.2. The monoisotopic (exact) mass is 488 g/mol. The minimum Gasteiger partial charge on any atom is -0.347 e. The molecule has 1 heterocycles. The molecular weight excluding hydrogens is 468 g/mol. The molecule has 4 aromatic rings. The molecule has 170 valence electrons. The number of pyridine rings is 1. The zero-order valence-electron chi connectivity index (χ0n) is 17.9. The van der Waals surface area contributed by atoms with Gasteiger partial charge in [-0.15, -0.1) is 0 Å². The van der Waals surface area contributed by atoms with Crippen LogP contribution in [0, 0.1) is 0 Å². The van der Waals surface area contributed by atoms with Crippen molar-refractivity contribution in [1.82, 2.24) is 9.88 Å². The summed E-state index contributed by atoms with van der Waals surface area (Å²) in [6, 6.07) is 27.7. The Bertz CT molecular complexity index is 1340. The van der Waals surface area contributed by atoms with Gasteiger partial charge in [0.25, 0.3) is 11.5 Å². The first-order valence-corrected chi connectivity index (χ1v) is 11.3. The van der Waals surface area contributed by atoms with Crippen LogP contribution in [0.2, 0.25) is 5.02 Å². The maximum absolute atomic E-state index is 13.2. The number of nitrogens with one attached hydrogen (secondary N) is 3. The van der Waals surface area contributed by atoms with E-state index in [1.165, 1.54) is 10.6 Å². The Morgan fingerprint density at radius 1 is 0.794 bits per heavy atom. The lowest BCUT2D eigenvalue weighted by Gasteiger charge is -2.21. The van der Waals surface area contributed by atoms with E-state index in [0.717, 1.165) is 11.3 Å². The Labute approximate surface area is 207 Å². The third-order valence-corrected chi connectivity index (χ3v) is 5.48. The highest BCUT2D eigenvalue weighted by Gasteiger charge is 2.21. The van der Waals surface area contributed by atoms with Crippen molar-refractivity contribution in [2.75, 3.05) is 10.6 Å². The number of hydrogen-bond donors (Lipinski definition) is 3. The molecule has 0 unspecified atom stereocenters. The zero-order chi connectivity index (χ0) is 23.9. The summed E-state index contributed by atoms with van der Waals surface area (Å²) in [5.41, 5.74) is 2.68. The number of carbonyl (C=O) groups excluding carboxylic acids is 1. The number of benzene rings is 3. The first-order valence-electron chi connectivity index (χ1n) is 10.5. The summed E-state index contributed by atoms with van der Waals surface area (Å²) in [5, 5.41) is 9.99. The third kappa shape index (κ3) is 5.89. The van der Waals surface area contributed by atoms with Gasteiger partial charge in [-0.25, -0.2) is 0 Å². The molecule has 0 fully saturated rings. The first-order chi connectivity index (χ1) is 16.5. The molecule has 0 radical (unpaired) electrons. The van der Waals surface area contributed by atoms with Crippen LogP contribution in [0.1, 0.15) is 11.6 Å². The van der Waals surface area contributed by atoms with Gasteiger partial charge in [-0.05, 0) is 72.4 Å². The molecule has 0 saturated carbocycles. The van der Waals surface area contributed by atoms with Crippen LogP contribution < -0.4 is 21.5 Å². The largest absolute Gasteiger partial charge is 0.347 e. The molecule has 0 spiro atoms. The Balaban J connectivity index is 1.49. The average molecular weight is 489 g/mol. The maximum Gasteiger partial charge on any atom is 0.255 e. The molecule has 0 aliphatic heterocycles. The summed E-state index contributed by atoms with van der Waals surface area (Å²) in [4.78, 5) is 25.3. The second kappa shape index (κ2) is 10.8. The van der Waals surface area contributed by atoms with E-state index in [1.807, 2.05) is 30.3 Å². The minimum absolute atomic E-state index is 0.130. The molecule has 0 aliphatic carbocycles. The number of halogens is 1. The van der Waals surface area contributed by atoms with Gasteiger partial charge >= 0.3 is 0 Å². The van der Waals surface area contributed by atoms with Crippen molar-refractivity contribution >= 4 is 46.2 Å². The van der Waals surface area contributed by atoms with Crippen LogP contribution in [0.4, 0.5) is 11.4 Å². The quantitative estimate of drug-likeness (QED) is 0.327. The number of nitrogens with zero attached hydrogens (tertiary/aromatic N) is 1. The van der Waals surface area contributed by atoms with Crippen molar-refractivity contribution < 1.29 is 4.79 Å². The molecule has 34 heavy (non-hydrogen) atoms. The number of thiocarbonyl (C=S) groups is 1. The molecule has 3 N–H and O–H groups in total.